The molecule has 0 saturated carbocycles. The molecule has 0 atom stereocenters. The number of fused-ring (bicyclic) bond motifs is 1. The number of nitrogens with one attached hydrogen (secondary N) is 2. The van der Waals surface area contributed by atoms with Gasteiger partial charge in [-0.2, -0.15) is 17.0 Å². The molecule has 4 aromatic rings. The highest BCUT2D eigenvalue weighted by molar-refractivity contribution is 7.99. The highest BCUT2D eigenvalue weighted by Crippen LogP contribution is 2.32. The molecule has 35 heavy (non-hydrogen) atoms. The van der Waals surface area contributed by atoms with Crippen LogP contribution in [-0.2, 0) is 6.54 Å². The lowest BCUT2D eigenvalue weighted by Crippen LogP contribution is -2.32. The van der Waals surface area contributed by atoms with Crippen LogP contribution in [0.5, 0.6) is 0 Å². The molecule has 1 aliphatic heterocycles. The van der Waals surface area contributed by atoms with Gasteiger partial charge in [0.25, 0.3) is 0 Å². The number of benzene rings is 1. The van der Waals surface area contributed by atoms with E-state index < -0.39 is 0 Å². The highest BCUT2D eigenvalue weighted by Gasteiger charge is 2.14. The topological polar surface area (TPSA) is 80.6 Å². The molecule has 0 bridgehead atoms. The van der Waals surface area contributed by atoms with E-state index in [9.17, 15) is 5.26 Å². The fraction of sp³-hybridized carbons (Fsp3) is 0.250. The van der Waals surface area contributed by atoms with Gasteiger partial charge in [-0.05, 0) is 61.9 Å². The summed E-state index contributed by atoms with van der Waals surface area (Å²) >= 11 is 2.02. The van der Waals surface area contributed by atoms with E-state index in [1.54, 1.807) is 6.20 Å². The van der Waals surface area contributed by atoms with E-state index in [0.717, 1.165) is 70.1 Å². The largest absolute Gasteiger partial charge is 0.361 e. The Hall–Kier alpha value is -3.60. The van der Waals surface area contributed by atoms with Crippen LogP contribution < -0.4 is 5.32 Å². The van der Waals surface area contributed by atoms with Crippen LogP contribution in [0.1, 0.15) is 33.8 Å². The molecule has 7 heteroatoms. The molecule has 0 amide bonds. The summed E-state index contributed by atoms with van der Waals surface area (Å²) < 4.78 is 0. The molecular formula is C28H28N6S. The summed E-state index contributed by atoms with van der Waals surface area (Å²) in [7, 11) is 0. The van der Waals surface area contributed by atoms with Gasteiger partial charge in [-0.1, -0.05) is 6.07 Å². The van der Waals surface area contributed by atoms with Crippen molar-refractivity contribution < 1.29 is 0 Å². The summed E-state index contributed by atoms with van der Waals surface area (Å²) in [6.45, 7) is 7.15. The summed E-state index contributed by atoms with van der Waals surface area (Å²) in [6, 6.07) is 14.6. The normalized spacial score (nSPS) is 14.4. The average Bonchev–Trinajstić information content (AvgIpc) is 3.36. The van der Waals surface area contributed by atoms with Crippen molar-refractivity contribution in [2.24, 2.45) is 0 Å². The number of hydrogen-bond donors (Lipinski definition) is 2. The number of H-pyrrole nitrogens is 1. The molecular weight excluding hydrogens is 452 g/mol. The van der Waals surface area contributed by atoms with Crippen molar-refractivity contribution in [3.63, 3.8) is 0 Å². The van der Waals surface area contributed by atoms with Gasteiger partial charge in [-0.25, -0.2) is 0 Å². The van der Waals surface area contributed by atoms with Crippen LogP contribution in [0, 0.1) is 25.2 Å². The summed E-state index contributed by atoms with van der Waals surface area (Å²) in [5.74, 6) is 2.38. The van der Waals surface area contributed by atoms with Crippen molar-refractivity contribution in [2.75, 3.05) is 29.9 Å². The van der Waals surface area contributed by atoms with Gasteiger partial charge in [0.05, 0.1) is 22.6 Å². The lowest BCUT2D eigenvalue weighted by molar-refractivity contribution is 0.291. The van der Waals surface area contributed by atoms with Crippen LogP contribution in [-0.4, -0.2) is 44.4 Å². The van der Waals surface area contributed by atoms with Crippen LogP contribution in [0.4, 0.5) is 11.4 Å². The lowest BCUT2D eigenvalue weighted by Gasteiger charge is -2.25. The van der Waals surface area contributed by atoms with Crippen LogP contribution in [0.15, 0.2) is 48.8 Å². The van der Waals surface area contributed by atoms with Crippen molar-refractivity contribution >= 4 is 46.2 Å². The molecule has 5 rings (SSSR count). The Morgan fingerprint density at radius 3 is 2.83 bits per heavy atom. The number of anilines is 2. The number of hydrogen-bond acceptors (Lipinski definition) is 6. The molecule has 0 spiro atoms. The second-order valence-corrected chi connectivity index (χ2v) is 9.96. The van der Waals surface area contributed by atoms with E-state index in [1.807, 2.05) is 49.2 Å². The minimum atomic E-state index is 0.508. The van der Waals surface area contributed by atoms with Crippen molar-refractivity contribution in [2.45, 2.75) is 20.4 Å². The maximum atomic E-state index is 9.82. The predicted molar refractivity (Wildman–Crippen MR) is 146 cm³/mol. The van der Waals surface area contributed by atoms with E-state index in [2.05, 4.69) is 57.4 Å². The summed E-state index contributed by atoms with van der Waals surface area (Å²) in [6.07, 6.45) is 7.60. The number of aryl methyl sites for hydroxylation is 2. The van der Waals surface area contributed by atoms with E-state index >= 15 is 0 Å². The number of thioether (sulfide) groups is 1. The summed E-state index contributed by atoms with van der Waals surface area (Å²) in [5.41, 5.74) is 8.16. The number of nitrogens with zero attached hydrogens (tertiary/aromatic N) is 4. The zero-order chi connectivity index (χ0) is 24.2. The quantitative estimate of drug-likeness (QED) is 0.357. The van der Waals surface area contributed by atoms with Crippen LogP contribution >= 0.6 is 11.8 Å². The molecule has 4 heterocycles. The zero-order valence-corrected chi connectivity index (χ0v) is 20.8. The Morgan fingerprint density at radius 2 is 2.00 bits per heavy atom. The molecule has 1 aromatic carbocycles. The predicted octanol–water partition coefficient (Wildman–Crippen LogP) is 5.91. The summed E-state index contributed by atoms with van der Waals surface area (Å²) in [4.78, 5) is 15.1. The monoisotopic (exact) mass is 480 g/mol. The third-order valence-electron chi connectivity index (χ3n) is 6.44. The maximum absolute atomic E-state index is 9.82. The van der Waals surface area contributed by atoms with Gasteiger partial charge in [0, 0.05) is 71.4 Å². The fourth-order valence-electron chi connectivity index (χ4n) is 4.43. The third-order valence-corrected chi connectivity index (χ3v) is 7.38. The van der Waals surface area contributed by atoms with Crippen LogP contribution in [0.25, 0.3) is 23.1 Å². The van der Waals surface area contributed by atoms with E-state index in [-0.39, 0.29) is 0 Å². The Labute approximate surface area is 210 Å². The lowest BCUT2D eigenvalue weighted by atomic mass is 10.0. The average molecular weight is 481 g/mol. The molecule has 1 fully saturated rings. The number of pyridine rings is 2. The molecule has 2 N–H and O–H groups in total. The third kappa shape index (κ3) is 5.09. The summed E-state index contributed by atoms with van der Waals surface area (Å²) in [5, 5.41) is 14.5. The van der Waals surface area contributed by atoms with Crippen LogP contribution in [0.2, 0.25) is 0 Å². The molecule has 1 aliphatic rings. The first kappa shape index (κ1) is 23.2. The number of aromatic amines is 1. The van der Waals surface area contributed by atoms with Crippen molar-refractivity contribution in [3.05, 3.63) is 82.6 Å². The smallest absolute Gasteiger partial charge is 0.103 e. The number of aromatic nitrogens is 3. The van der Waals surface area contributed by atoms with Gasteiger partial charge in [0.2, 0.25) is 0 Å². The van der Waals surface area contributed by atoms with Gasteiger partial charge in [0.1, 0.15) is 6.07 Å². The van der Waals surface area contributed by atoms with Gasteiger partial charge in [-0.15, -0.1) is 0 Å². The standard InChI is InChI=1S/C28H28N6S/c1-19-24-10-11-30-27(24)9-8-26(19)33-28-21(16-29)17-31-20(2)25(28)7-6-22-4-3-5-23(32-22)18-34-12-14-35-15-13-34/h3-11,17,30H,12-15,18H2,1-2H3,(H,31,33)/b7-6+. The fourth-order valence-corrected chi connectivity index (χ4v) is 5.41. The molecule has 0 radical (unpaired) electrons. The van der Waals surface area contributed by atoms with Crippen molar-refractivity contribution in [3.8, 4) is 6.07 Å². The van der Waals surface area contributed by atoms with Crippen molar-refractivity contribution in [1.82, 2.24) is 19.9 Å². The molecule has 0 aliphatic carbocycles. The molecule has 6 nitrogen and oxygen atoms in total. The van der Waals surface area contributed by atoms with Crippen LogP contribution in [0.3, 0.4) is 0 Å². The van der Waals surface area contributed by atoms with E-state index in [1.165, 1.54) is 11.5 Å². The molecule has 176 valence electrons. The van der Waals surface area contributed by atoms with E-state index in [0.29, 0.717) is 5.56 Å². The second kappa shape index (κ2) is 10.3. The highest BCUT2D eigenvalue weighted by atomic mass is 32.2. The Kier molecular flexibility index (Phi) is 6.84. The first-order valence-electron chi connectivity index (χ1n) is 11.8. The van der Waals surface area contributed by atoms with E-state index in [4.69, 9.17) is 4.98 Å². The molecule has 0 unspecified atom stereocenters. The Morgan fingerprint density at radius 1 is 1.14 bits per heavy atom. The first-order valence-corrected chi connectivity index (χ1v) is 13.0. The molecule has 1 saturated heterocycles. The Bertz CT molecular complexity index is 1430. The number of rotatable bonds is 6. The van der Waals surface area contributed by atoms with Gasteiger partial charge in [-0.3, -0.25) is 14.9 Å². The SMILES string of the molecule is Cc1ncc(C#N)c(Nc2ccc3[nH]ccc3c2C)c1/C=C/c1cccc(CN2CCSCC2)n1. The minimum Gasteiger partial charge on any atom is -0.361 e. The van der Waals surface area contributed by atoms with Gasteiger partial charge >= 0.3 is 0 Å². The molecule has 3 aromatic heterocycles. The van der Waals surface area contributed by atoms with Gasteiger partial charge < -0.3 is 10.3 Å². The number of nitriles is 1. The first-order chi connectivity index (χ1) is 17.1. The maximum Gasteiger partial charge on any atom is 0.103 e. The van der Waals surface area contributed by atoms with Gasteiger partial charge in [0.15, 0.2) is 0 Å². The van der Waals surface area contributed by atoms with Crippen molar-refractivity contribution in [1.29, 1.82) is 5.26 Å². The zero-order valence-electron chi connectivity index (χ0n) is 20.0. The minimum absolute atomic E-state index is 0.508. The Balaban J connectivity index is 1.45. The second-order valence-electron chi connectivity index (χ2n) is 8.74.